The van der Waals surface area contributed by atoms with Gasteiger partial charge in [-0.1, -0.05) is 0 Å². The van der Waals surface area contributed by atoms with E-state index >= 15 is 0 Å². The first-order valence-corrected chi connectivity index (χ1v) is 5.70. The van der Waals surface area contributed by atoms with Crippen LogP contribution in [0, 0.1) is 0 Å². The van der Waals surface area contributed by atoms with Crippen LogP contribution in [0.5, 0.6) is 0 Å². The average Bonchev–Trinajstić information content (AvgIpc) is 2.33. The predicted octanol–water partition coefficient (Wildman–Crippen LogP) is -0.459. The molecule has 2 heterocycles. The molecular formula is C12H14N4O3. The largest absolute Gasteiger partial charge is 0.384 e. The summed E-state index contributed by atoms with van der Waals surface area (Å²) in [4.78, 5) is 40.6. The Labute approximate surface area is 109 Å². The minimum atomic E-state index is -1.09. The molecule has 1 aliphatic heterocycles. The fraction of sp³-hybridized carbons (Fsp3) is 0.333. The lowest BCUT2D eigenvalue weighted by molar-refractivity contribution is -0.143. The Morgan fingerprint density at radius 1 is 1.47 bits per heavy atom. The summed E-state index contributed by atoms with van der Waals surface area (Å²) < 4.78 is 0. The van der Waals surface area contributed by atoms with E-state index in [0.717, 1.165) is 0 Å². The SMILES string of the molecule is CC1(C)C(=O)NC(=O)CN1C(=O)c1ccnc(N)c1. The highest BCUT2D eigenvalue weighted by atomic mass is 16.2. The second-order valence-corrected chi connectivity index (χ2v) is 4.80. The minimum Gasteiger partial charge on any atom is -0.384 e. The molecule has 0 unspecified atom stereocenters. The maximum atomic E-state index is 12.4. The van der Waals surface area contributed by atoms with Gasteiger partial charge in [-0.2, -0.15) is 0 Å². The number of anilines is 1. The summed E-state index contributed by atoms with van der Waals surface area (Å²) >= 11 is 0. The van der Waals surface area contributed by atoms with E-state index in [4.69, 9.17) is 5.73 Å². The monoisotopic (exact) mass is 262 g/mol. The summed E-state index contributed by atoms with van der Waals surface area (Å²) in [6.07, 6.45) is 1.40. The van der Waals surface area contributed by atoms with E-state index in [1.807, 2.05) is 0 Å². The van der Waals surface area contributed by atoms with Crippen LogP contribution in [0.2, 0.25) is 0 Å². The van der Waals surface area contributed by atoms with Crippen LogP contribution >= 0.6 is 0 Å². The highest BCUT2D eigenvalue weighted by molar-refractivity contribution is 6.08. The van der Waals surface area contributed by atoms with Crippen molar-refractivity contribution in [1.82, 2.24) is 15.2 Å². The number of piperazine rings is 1. The van der Waals surface area contributed by atoms with Gasteiger partial charge in [0.25, 0.3) is 11.8 Å². The Balaban J connectivity index is 2.36. The van der Waals surface area contributed by atoms with Crippen molar-refractivity contribution >= 4 is 23.5 Å². The molecular weight excluding hydrogens is 248 g/mol. The zero-order valence-corrected chi connectivity index (χ0v) is 10.6. The molecule has 3 amide bonds. The van der Waals surface area contributed by atoms with Crippen LogP contribution in [0.4, 0.5) is 5.82 Å². The number of nitrogens with two attached hydrogens (primary N) is 1. The van der Waals surface area contributed by atoms with Crippen molar-refractivity contribution in [3.8, 4) is 0 Å². The van der Waals surface area contributed by atoms with Crippen LogP contribution in [0.15, 0.2) is 18.3 Å². The number of amides is 3. The van der Waals surface area contributed by atoms with Crippen molar-refractivity contribution in [3.05, 3.63) is 23.9 Å². The standard InChI is InChI=1S/C12H14N4O3/c1-12(2)11(19)15-9(17)6-16(12)10(18)7-3-4-14-8(13)5-7/h3-5H,6H2,1-2H3,(H2,13,14)(H,15,17,19). The molecule has 100 valence electrons. The van der Waals surface area contributed by atoms with E-state index in [1.165, 1.54) is 23.2 Å². The Hall–Kier alpha value is -2.44. The third-order valence-corrected chi connectivity index (χ3v) is 3.06. The van der Waals surface area contributed by atoms with Gasteiger partial charge in [-0.25, -0.2) is 4.98 Å². The molecule has 0 aromatic carbocycles. The van der Waals surface area contributed by atoms with Gasteiger partial charge in [-0.3, -0.25) is 19.7 Å². The normalized spacial score (nSPS) is 18.1. The van der Waals surface area contributed by atoms with E-state index < -0.39 is 23.3 Å². The molecule has 1 aromatic heterocycles. The maximum Gasteiger partial charge on any atom is 0.255 e. The van der Waals surface area contributed by atoms with Gasteiger partial charge in [-0.05, 0) is 26.0 Å². The van der Waals surface area contributed by atoms with Gasteiger partial charge in [0.15, 0.2) is 0 Å². The molecule has 0 atom stereocenters. The number of carbonyl (C=O) groups is 3. The topological polar surface area (TPSA) is 105 Å². The highest BCUT2D eigenvalue weighted by Crippen LogP contribution is 2.21. The molecule has 1 saturated heterocycles. The van der Waals surface area contributed by atoms with Crippen molar-refractivity contribution in [2.75, 3.05) is 12.3 Å². The van der Waals surface area contributed by atoms with Crippen LogP contribution in [-0.4, -0.2) is 39.7 Å². The Bertz CT molecular complexity index is 568. The van der Waals surface area contributed by atoms with E-state index in [0.29, 0.717) is 5.56 Å². The van der Waals surface area contributed by atoms with E-state index in [1.54, 1.807) is 13.8 Å². The molecule has 0 saturated carbocycles. The number of carbonyl (C=O) groups excluding carboxylic acids is 3. The zero-order valence-electron chi connectivity index (χ0n) is 10.6. The summed E-state index contributed by atoms with van der Waals surface area (Å²) in [5.41, 5.74) is 4.72. The summed E-state index contributed by atoms with van der Waals surface area (Å²) in [6.45, 7) is 2.99. The van der Waals surface area contributed by atoms with Crippen molar-refractivity contribution in [1.29, 1.82) is 0 Å². The molecule has 0 bridgehead atoms. The maximum absolute atomic E-state index is 12.4. The van der Waals surface area contributed by atoms with Gasteiger partial charge >= 0.3 is 0 Å². The third kappa shape index (κ3) is 2.26. The molecule has 1 aliphatic rings. The van der Waals surface area contributed by atoms with Crippen molar-refractivity contribution < 1.29 is 14.4 Å². The smallest absolute Gasteiger partial charge is 0.255 e. The quantitative estimate of drug-likeness (QED) is 0.666. The number of hydrogen-bond acceptors (Lipinski definition) is 5. The van der Waals surface area contributed by atoms with E-state index in [2.05, 4.69) is 10.3 Å². The highest BCUT2D eigenvalue weighted by Gasteiger charge is 2.43. The predicted molar refractivity (Wildman–Crippen MR) is 66.9 cm³/mol. The van der Waals surface area contributed by atoms with Crippen LogP contribution in [-0.2, 0) is 9.59 Å². The molecule has 7 nitrogen and oxygen atoms in total. The Kier molecular flexibility index (Phi) is 2.97. The van der Waals surface area contributed by atoms with Crippen LogP contribution in [0.3, 0.4) is 0 Å². The first-order valence-electron chi connectivity index (χ1n) is 5.70. The molecule has 1 aromatic rings. The van der Waals surface area contributed by atoms with Gasteiger partial charge < -0.3 is 10.6 Å². The van der Waals surface area contributed by atoms with Gasteiger partial charge in [0.2, 0.25) is 5.91 Å². The molecule has 0 spiro atoms. The van der Waals surface area contributed by atoms with Crippen molar-refractivity contribution in [3.63, 3.8) is 0 Å². The lowest BCUT2D eigenvalue weighted by Gasteiger charge is -2.40. The molecule has 7 heteroatoms. The fourth-order valence-corrected chi connectivity index (χ4v) is 1.85. The van der Waals surface area contributed by atoms with E-state index in [9.17, 15) is 14.4 Å². The molecule has 1 fully saturated rings. The number of nitrogens with one attached hydrogen (secondary N) is 1. The molecule has 0 aliphatic carbocycles. The minimum absolute atomic E-state index is 0.167. The number of pyridine rings is 1. The number of aromatic nitrogens is 1. The molecule has 3 N–H and O–H groups in total. The second kappa shape index (κ2) is 4.34. The number of hydrogen-bond donors (Lipinski definition) is 2. The molecule has 0 radical (unpaired) electrons. The first kappa shape index (κ1) is 13.0. The van der Waals surface area contributed by atoms with Crippen molar-refractivity contribution in [2.45, 2.75) is 19.4 Å². The van der Waals surface area contributed by atoms with E-state index in [-0.39, 0.29) is 12.4 Å². The number of imide groups is 1. The molecule has 2 rings (SSSR count). The van der Waals surface area contributed by atoms with Crippen molar-refractivity contribution in [2.24, 2.45) is 0 Å². The average molecular weight is 262 g/mol. The lowest BCUT2D eigenvalue weighted by Crippen LogP contribution is -2.65. The summed E-state index contributed by atoms with van der Waals surface area (Å²) in [5.74, 6) is -1.22. The van der Waals surface area contributed by atoms with Crippen LogP contribution in [0.25, 0.3) is 0 Å². The van der Waals surface area contributed by atoms with Crippen LogP contribution < -0.4 is 11.1 Å². The molecule has 19 heavy (non-hydrogen) atoms. The first-order chi connectivity index (χ1) is 8.82. The zero-order chi connectivity index (χ0) is 14.2. The lowest BCUT2D eigenvalue weighted by atomic mass is 9.97. The number of nitrogens with zero attached hydrogens (tertiary/aromatic N) is 2. The Morgan fingerprint density at radius 2 is 2.16 bits per heavy atom. The Morgan fingerprint density at radius 3 is 2.79 bits per heavy atom. The van der Waals surface area contributed by atoms with Gasteiger partial charge in [0.1, 0.15) is 17.9 Å². The number of rotatable bonds is 1. The summed E-state index contributed by atoms with van der Waals surface area (Å²) in [5, 5.41) is 2.21. The second-order valence-electron chi connectivity index (χ2n) is 4.80. The third-order valence-electron chi connectivity index (χ3n) is 3.06. The van der Waals surface area contributed by atoms with Gasteiger partial charge in [0.05, 0.1) is 0 Å². The van der Waals surface area contributed by atoms with Gasteiger partial charge in [-0.15, -0.1) is 0 Å². The summed E-state index contributed by atoms with van der Waals surface area (Å²) in [7, 11) is 0. The van der Waals surface area contributed by atoms with Gasteiger partial charge in [0, 0.05) is 11.8 Å². The van der Waals surface area contributed by atoms with Crippen LogP contribution in [0.1, 0.15) is 24.2 Å². The summed E-state index contributed by atoms with van der Waals surface area (Å²) in [6, 6.07) is 2.90. The number of nitrogen functional groups attached to an aromatic ring is 1. The fourth-order valence-electron chi connectivity index (χ4n) is 1.85.